The van der Waals surface area contributed by atoms with E-state index >= 15 is 0 Å². The topological polar surface area (TPSA) is 101 Å². The van der Waals surface area contributed by atoms with E-state index in [1.54, 1.807) is 13.8 Å². The standard InChI is InChI=1S/C13H19ClN2O5S2/c1-4-16(5-2)13(17)9-15-23(20,21)12-8-10(22(3,18)19)6-7-11(12)14/h6-8,15H,4-5,9H2,1-3H3. The number of carbonyl (C=O) groups is 1. The minimum absolute atomic E-state index is 0.125. The molecule has 1 amide bonds. The van der Waals surface area contributed by atoms with Gasteiger partial charge in [-0.2, -0.15) is 0 Å². The van der Waals surface area contributed by atoms with Gasteiger partial charge in [0, 0.05) is 19.3 Å². The second-order valence-electron chi connectivity index (χ2n) is 4.75. The summed E-state index contributed by atoms with van der Waals surface area (Å²) in [6, 6.07) is 3.39. The molecule has 0 atom stereocenters. The first-order valence-corrected chi connectivity index (χ1v) is 10.5. The van der Waals surface area contributed by atoms with Crippen molar-refractivity contribution in [3.05, 3.63) is 23.2 Å². The second kappa shape index (κ2) is 7.61. The Morgan fingerprint density at radius 2 is 1.74 bits per heavy atom. The van der Waals surface area contributed by atoms with Crippen molar-refractivity contribution in [1.82, 2.24) is 9.62 Å². The van der Waals surface area contributed by atoms with Crippen LogP contribution in [0.4, 0.5) is 0 Å². The molecule has 1 N–H and O–H groups in total. The highest BCUT2D eigenvalue weighted by molar-refractivity contribution is 7.91. The summed E-state index contributed by atoms with van der Waals surface area (Å²) in [6.45, 7) is 4.05. The van der Waals surface area contributed by atoms with Crippen molar-refractivity contribution < 1.29 is 21.6 Å². The maximum Gasteiger partial charge on any atom is 0.242 e. The summed E-state index contributed by atoms with van der Waals surface area (Å²) < 4.78 is 49.8. The SMILES string of the molecule is CCN(CC)C(=O)CNS(=O)(=O)c1cc(S(C)(=O)=O)ccc1Cl. The lowest BCUT2D eigenvalue weighted by Gasteiger charge is -2.19. The fourth-order valence-electron chi connectivity index (χ4n) is 1.84. The minimum atomic E-state index is -4.11. The fourth-order valence-corrected chi connectivity index (χ4v) is 4.06. The molecule has 23 heavy (non-hydrogen) atoms. The molecule has 0 radical (unpaired) electrons. The third kappa shape index (κ3) is 5.17. The number of rotatable bonds is 7. The number of likely N-dealkylation sites (N-methyl/N-ethyl adjacent to an activating group) is 1. The highest BCUT2D eigenvalue weighted by Crippen LogP contribution is 2.24. The molecule has 130 valence electrons. The van der Waals surface area contributed by atoms with E-state index < -0.39 is 26.4 Å². The van der Waals surface area contributed by atoms with Crippen LogP contribution in [0.25, 0.3) is 0 Å². The van der Waals surface area contributed by atoms with Crippen LogP contribution in [0.15, 0.2) is 28.0 Å². The van der Waals surface area contributed by atoms with Crippen molar-refractivity contribution in [2.24, 2.45) is 0 Å². The molecular formula is C13H19ClN2O5S2. The van der Waals surface area contributed by atoms with Crippen molar-refractivity contribution in [2.45, 2.75) is 23.6 Å². The quantitative estimate of drug-likeness (QED) is 0.754. The molecule has 0 aliphatic rings. The monoisotopic (exact) mass is 382 g/mol. The molecule has 1 aromatic carbocycles. The fraction of sp³-hybridized carbons (Fsp3) is 0.462. The van der Waals surface area contributed by atoms with Gasteiger partial charge in [0.2, 0.25) is 15.9 Å². The van der Waals surface area contributed by atoms with Gasteiger partial charge >= 0.3 is 0 Å². The molecule has 0 saturated heterocycles. The number of nitrogens with one attached hydrogen (secondary N) is 1. The molecule has 1 aromatic rings. The van der Waals surface area contributed by atoms with Gasteiger partial charge in [-0.05, 0) is 32.0 Å². The summed E-state index contributed by atoms with van der Waals surface area (Å²) in [4.78, 5) is 12.8. The number of halogens is 1. The van der Waals surface area contributed by atoms with E-state index in [4.69, 9.17) is 11.6 Å². The summed E-state index contributed by atoms with van der Waals surface area (Å²) in [5.74, 6) is -0.381. The Morgan fingerprint density at radius 1 is 1.17 bits per heavy atom. The largest absolute Gasteiger partial charge is 0.342 e. The molecule has 0 heterocycles. The van der Waals surface area contributed by atoms with Crippen molar-refractivity contribution in [3.63, 3.8) is 0 Å². The smallest absolute Gasteiger partial charge is 0.242 e. The first-order valence-electron chi connectivity index (χ1n) is 6.80. The van der Waals surface area contributed by atoms with Gasteiger partial charge in [-0.1, -0.05) is 11.6 Å². The first kappa shape index (κ1) is 19.9. The van der Waals surface area contributed by atoms with E-state index in [0.717, 1.165) is 12.3 Å². The molecule has 0 aliphatic heterocycles. The number of carbonyl (C=O) groups excluding carboxylic acids is 1. The highest BCUT2D eigenvalue weighted by atomic mass is 35.5. The minimum Gasteiger partial charge on any atom is -0.342 e. The summed E-state index contributed by atoms with van der Waals surface area (Å²) in [5.41, 5.74) is 0. The number of nitrogens with zero attached hydrogens (tertiary/aromatic N) is 1. The average Bonchev–Trinajstić information content (AvgIpc) is 2.45. The van der Waals surface area contributed by atoms with Gasteiger partial charge in [0.25, 0.3) is 0 Å². The van der Waals surface area contributed by atoms with Crippen LogP contribution < -0.4 is 4.72 Å². The molecule has 0 fully saturated rings. The van der Waals surface area contributed by atoms with Crippen molar-refractivity contribution in [3.8, 4) is 0 Å². The lowest BCUT2D eigenvalue weighted by Crippen LogP contribution is -2.40. The van der Waals surface area contributed by atoms with Crippen molar-refractivity contribution in [2.75, 3.05) is 25.9 Å². The average molecular weight is 383 g/mol. The van der Waals surface area contributed by atoms with Crippen LogP contribution >= 0.6 is 11.6 Å². The summed E-state index contributed by atoms with van der Waals surface area (Å²) in [5, 5.41) is -0.125. The Hall–Kier alpha value is -1.16. The van der Waals surface area contributed by atoms with Crippen molar-refractivity contribution in [1.29, 1.82) is 0 Å². The van der Waals surface area contributed by atoms with Gasteiger partial charge in [-0.3, -0.25) is 4.79 Å². The number of hydrogen-bond acceptors (Lipinski definition) is 5. The van der Waals surface area contributed by atoms with Crippen LogP contribution in [-0.4, -0.2) is 53.5 Å². The molecule has 0 saturated carbocycles. The van der Waals surface area contributed by atoms with Crippen molar-refractivity contribution >= 4 is 37.4 Å². The number of amides is 1. The number of benzene rings is 1. The molecule has 1 rings (SSSR count). The molecule has 0 spiro atoms. The van der Waals surface area contributed by atoms with Crippen LogP contribution in [0, 0.1) is 0 Å². The maximum absolute atomic E-state index is 12.3. The third-order valence-electron chi connectivity index (χ3n) is 3.15. The van der Waals surface area contributed by atoms with Gasteiger partial charge in [0.15, 0.2) is 9.84 Å². The molecule has 7 nitrogen and oxygen atoms in total. The first-order chi connectivity index (χ1) is 10.5. The Morgan fingerprint density at radius 3 is 2.22 bits per heavy atom. The number of hydrogen-bond donors (Lipinski definition) is 1. The molecule has 0 aliphatic carbocycles. The number of sulfonamides is 1. The molecule has 10 heteroatoms. The van der Waals surface area contributed by atoms with Gasteiger partial charge in [0.1, 0.15) is 4.90 Å². The Kier molecular flexibility index (Phi) is 6.58. The molecule has 0 aromatic heterocycles. The zero-order valence-electron chi connectivity index (χ0n) is 13.0. The zero-order chi connectivity index (χ0) is 17.8. The van der Waals surface area contributed by atoms with Gasteiger partial charge < -0.3 is 4.90 Å². The molecular weight excluding hydrogens is 364 g/mol. The van der Waals surface area contributed by atoms with Crippen LogP contribution in [-0.2, 0) is 24.7 Å². The Balaban J connectivity index is 3.08. The predicted molar refractivity (Wildman–Crippen MR) is 87.7 cm³/mol. The molecule has 0 unspecified atom stereocenters. The predicted octanol–water partition coefficient (Wildman–Crippen LogP) is 0.890. The van der Waals surface area contributed by atoms with E-state index in [2.05, 4.69) is 4.72 Å². The van der Waals surface area contributed by atoms with E-state index in [-0.39, 0.29) is 20.7 Å². The van der Waals surface area contributed by atoms with E-state index in [1.165, 1.54) is 17.0 Å². The van der Waals surface area contributed by atoms with Crippen LogP contribution in [0.3, 0.4) is 0 Å². The van der Waals surface area contributed by atoms with Gasteiger partial charge in [-0.15, -0.1) is 0 Å². The summed E-state index contributed by atoms with van der Waals surface area (Å²) >= 11 is 5.85. The lowest BCUT2D eigenvalue weighted by molar-refractivity contribution is -0.129. The Labute approximate surface area is 141 Å². The molecule has 0 bridgehead atoms. The summed E-state index contributed by atoms with van der Waals surface area (Å²) in [7, 11) is -7.69. The lowest BCUT2D eigenvalue weighted by atomic mass is 10.4. The van der Waals surface area contributed by atoms with E-state index in [1.807, 2.05) is 0 Å². The highest BCUT2D eigenvalue weighted by Gasteiger charge is 2.22. The van der Waals surface area contributed by atoms with Gasteiger partial charge in [-0.25, -0.2) is 21.6 Å². The normalized spacial score (nSPS) is 12.2. The third-order valence-corrected chi connectivity index (χ3v) is 6.14. The van der Waals surface area contributed by atoms with Crippen LogP contribution in [0.1, 0.15) is 13.8 Å². The van der Waals surface area contributed by atoms with E-state index in [9.17, 15) is 21.6 Å². The Bertz CT molecular complexity index is 787. The van der Waals surface area contributed by atoms with E-state index in [0.29, 0.717) is 13.1 Å². The summed E-state index contributed by atoms with van der Waals surface area (Å²) in [6.07, 6.45) is 0.962. The maximum atomic E-state index is 12.3. The second-order valence-corrected chi connectivity index (χ2v) is 8.91. The number of sulfone groups is 1. The van der Waals surface area contributed by atoms with Crippen LogP contribution in [0.2, 0.25) is 5.02 Å². The zero-order valence-corrected chi connectivity index (χ0v) is 15.4. The van der Waals surface area contributed by atoms with Crippen LogP contribution in [0.5, 0.6) is 0 Å². The van der Waals surface area contributed by atoms with Gasteiger partial charge in [0.05, 0.1) is 16.5 Å².